The molecule has 1 aliphatic heterocycles. The molecule has 1 aromatic heterocycles. The maximum absolute atomic E-state index is 12.3. The number of ether oxygens (including phenoxy) is 1. The molecule has 2 heterocycles. The highest BCUT2D eigenvalue weighted by molar-refractivity contribution is 7.99. The smallest absolute Gasteiger partial charge is 0.276 e. The predicted octanol–water partition coefficient (Wildman–Crippen LogP) is 3.69. The molecule has 142 valence electrons. The first-order chi connectivity index (χ1) is 13.6. The van der Waals surface area contributed by atoms with E-state index in [4.69, 9.17) is 20.8 Å². The summed E-state index contributed by atoms with van der Waals surface area (Å²) in [5.74, 6) is 0.727. The summed E-state index contributed by atoms with van der Waals surface area (Å²) < 4.78 is 11.1. The number of benzene rings is 2. The summed E-state index contributed by atoms with van der Waals surface area (Å²) >= 11 is 7.30. The van der Waals surface area contributed by atoms with E-state index in [0.717, 1.165) is 0 Å². The second-order valence-electron chi connectivity index (χ2n) is 5.84. The lowest BCUT2D eigenvalue weighted by Gasteiger charge is -2.12. The number of amides is 2. The molecule has 0 N–H and O–H groups in total. The molecule has 0 spiro atoms. The first kappa shape index (κ1) is 18.5. The third kappa shape index (κ3) is 3.74. The molecule has 1 aliphatic rings. The van der Waals surface area contributed by atoms with Crippen LogP contribution in [0.3, 0.4) is 0 Å². The van der Waals surface area contributed by atoms with E-state index >= 15 is 0 Å². The largest absolute Gasteiger partial charge is 0.482 e. The van der Waals surface area contributed by atoms with Gasteiger partial charge in [0.15, 0.2) is 6.61 Å². The van der Waals surface area contributed by atoms with Crippen molar-refractivity contribution in [2.45, 2.75) is 11.8 Å². The fourth-order valence-corrected chi connectivity index (χ4v) is 3.62. The van der Waals surface area contributed by atoms with Gasteiger partial charge < -0.3 is 9.15 Å². The van der Waals surface area contributed by atoms with Gasteiger partial charge in [0, 0.05) is 12.3 Å². The van der Waals surface area contributed by atoms with Crippen LogP contribution in [0.5, 0.6) is 5.75 Å². The van der Waals surface area contributed by atoms with E-state index in [-0.39, 0.29) is 25.0 Å². The molecule has 0 bridgehead atoms. The molecular weight excluding hydrogens is 402 g/mol. The predicted molar refractivity (Wildman–Crippen MR) is 103 cm³/mol. The zero-order chi connectivity index (χ0) is 19.5. The summed E-state index contributed by atoms with van der Waals surface area (Å²) in [7, 11) is 0. The number of thioether (sulfide) groups is 1. The number of nitrogens with zero attached hydrogens (tertiary/aromatic N) is 3. The molecule has 2 amide bonds. The van der Waals surface area contributed by atoms with Crippen molar-refractivity contribution < 1.29 is 18.7 Å². The number of para-hydroxylation sites is 1. The Balaban J connectivity index is 1.29. The monoisotopic (exact) mass is 415 g/mol. The van der Waals surface area contributed by atoms with Crippen molar-refractivity contribution in [2.75, 3.05) is 12.3 Å². The van der Waals surface area contributed by atoms with Crippen molar-refractivity contribution in [1.29, 1.82) is 0 Å². The highest BCUT2D eigenvalue weighted by Gasteiger charge is 2.34. The zero-order valence-electron chi connectivity index (χ0n) is 14.5. The third-order valence-corrected chi connectivity index (χ3v) is 5.17. The van der Waals surface area contributed by atoms with Gasteiger partial charge in [-0.2, -0.15) is 0 Å². The standard InChI is InChI=1S/C19H14ClN3O4S/c20-14-7-3-4-8-15(14)26-11-16-21-22-19(27-16)28-10-9-23-17(24)12-5-1-2-6-13(12)18(23)25/h1-8H,9-11H2. The summed E-state index contributed by atoms with van der Waals surface area (Å²) in [5.41, 5.74) is 0.878. The van der Waals surface area contributed by atoms with Crippen LogP contribution in [0.4, 0.5) is 0 Å². The van der Waals surface area contributed by atoms with Crippen molar-refractivity contribution >= 4 is 35.2 Å². The molecule has 3 aromatic rings. The number of rotatable bonds is 7. The van der Waals surface area contributed by atoms with Crippen LogP contribution < -0.4 is 4.74 Å². The highest BCUT2D eigenvalue weighted by atomic mass is 35.5. The van der Waals surface area contributed by atoms with Crippen LogP contribution in [0.1, 0.15) is 26.6 Å². The van der Waals surface area contributed by atoms with Crippen molar-refractivity contribution in [3.63, 3.8) is 0 Å². The van der Waals surface area contributed by atoms with Crippen LogP contribution >= 0.6 is 23.4 Å². The maximum atomic E-state index is 12.3. The number of carbonyl (C=O) groups is 2. The fraction of sp³-hybridized carbons (Fsp3) is 0.158. The molecule has 0 fully saturated rings. The number of hydrogen-bond acceptors (Lipinski definition) is 7. The molecule has 0 aliphatic carbocycles. The van der Waals surface area contributed by atoms with Gasteiger partial charge in [0.05, 0.1) is 16.1 Å². The topological polar surface area (TPSA) is 85.5 Å². The highest BCUT2D eigenvalue weighted by Crippen LogP contribution is 2.25. The SMILES string of the molecule is O=C1c2ccccc2C(=O)N1CCSc1nnc(COc2ccccc2Cl)o1. The molecule has 0 unspecified atom stereocenters. The van der Waals surface area contributed by atoms with E-state index in [1.807, 2.05) is 12.1 Å². The van der Waals surface area contributed by atoms with Gasteiger partial charge in [0.2, 0.25) is 0 Å². The van der Waals surface area contributed by atoms with E-state index in [2.05, 4.69) is 10.2 Å². The van der Waals surface area contributed by atoms with E-state index in [1.54, 1.807) is 36.4 Å². The average Bonchev–Trinajstić information content (AvgIpc) is 3.26. The van der Waals surface area contributed by atoms with E-state index in [1.165, 1.54) is 16.7 Å². The van der Waals surface area contributed by atoms with Gasteiger partial charge in [0.25, 0.3) is 22.9 Å². The second kappa shape index (κ2) is 8.04. The molecule has 0 saturated carbocycles. The molecule has 9 heteroatoms. The van der Waals surface area contributed by atoms with E-state index in [0.29, 0.717) is 38.8 Å². The lowest BCUT2D eigenvalue weighted by molar-refractivity contribution is 0.0664. The van der Waals surface area contributed by atoms with Gasteiger partial charge in [-0.15, -0.1) is 10.2 Å². The average molecular weight is 416 g/mol. The van der Waals surface area contributed by atoms with E-state index < -0.39 is 0 Å². The van der Waals surface area contributed by atoms with E-state index in [9.17, 15) is 9.59 Å². The van der Waals surface area contributed by atoms with Gasteiger partial charge in [-0.05, 0) is 24.3 Å². The van der Waals surface area contributed by atoms with Crippen molar-refractivity contribution in [1.82, 2.24) is 15.1 Å². The van der Waals surface area contributed by atoms with Crippen LogP contribution in [-0.4, -0.2) is 39.2 Å². The molecule has 2 aromatic carbocycles. The Morgan fingerprint density at radius 1 is 1.00 bits per heavy atom. The normalized spacial score (nSPS) is 13.1. The summed E-state index contributed by atoms with van der Waals surface area (Å²) in [6.45, 7) is 0.348. The molecular formula is C19H14ClN3O4S. The van der Waals surface area contributed by atoms with Gasteiger partial charge in [-0.1, -0.05) is 47.6 Å². The first-order valence-electron chi connectivity index (χ1n) is 8.41. The Bertz CT molecular complexity index is 1000. The minimum absolute atomic E-state index is 0.0930. The molecule has 0 saturated heterocycles. The zero-order valence-corrected chi connectivity index (χ0v) is 16.1. The number of aromatic nitrogens is 2. The third-order valence-electron chi connectivity index (χ3n) is 4.05. The van der Waals surface area contributed by atoms with Crippen LogP contribution in [0.2, 0.25) is 5.02 Å². The molecule has 7 nitrogen and oxygen atoms in total. The van der Waals surface area contributed by atoms with Crippen LogP contribution in [0.15, 0.2) is 58.2 Å². The van der Waals surface area contributed by atoms with Gasteiger partial charge >= 0.3 is 0 Å². The first-order valence-corrected chi connectivity index (χ1v) is 9.77. The number of carbonyl (C=O) groups excluding carboxylic acids is 2. The second-order valence-corrected chi connectivity index (χ2v) is 7.29. The Morgan fingerprint density at radius 2 is 1.68 bits per heavy atom. The minimum atomic E-state index is -0.277. The molecule has 28 heavy (non-hydrogen) atoms. The fourth-order valence-electron chi connectivity index (χ4n) is 2.72. The summed E-state index contributed by atoms with van der Waals surface area (Å²) in [5, 5.41) is 8.70. The van der Waals surface area contributed by atoms with Crippen molar-refractivity contribution in [3.05, 3.63) is 70.6 Å². The number of fused-ring (bicyclic) bond motifs is 1. The summed E-state index contributed by atoms with van der Waals surface area (Å²) in [6, 6.07) is 13.9. The maximum Gasteiger partial charge on any atom is 0.276 e. The lowest BCUT2D eigenvalue weighted by atomic mass is 10.1. The Morgan fingerprint density at radius 3 is 2.39 bits per heavy atom. The van der Waals surface area contributed by atoms with Crippen LogP contribution in [-0.2, 0) is 6.61 Å². The number of halogens is 1. The Kier molecular flexibility index (Phi) is 5.31. The number of imide groups is 1. The van der Waals surface area contributed by atoms with Gasteiger partial charge in [-0.3, -0.25) is 14.5 Å². The summed E-state index contributed by atoms with van der Waals surface area (Å²) in [4.78, 5) is 25.9. The molecule has 0 radical (unpaired) electrons. The summed E-state index contributed by atoms with van der Waals surface area (Å²) in [6.07, 6.45) is 0. The van der Waals surface area contributed by atoms with Crippen LogP contribution in [0.25, 0.3) is 0 Å². The van der Waals surface area contributed by atoms with Crippen molar-refractivity contribution in [3.8, 4) is 5.75 Å². The van der Waals surface area contributed by atoms with Crippen molar-refractivity contribution in [2.24, 2.45) is 0 Å². The molecule has 0 atom stereocenters. The van der Waals surface area contributed by atoms with Crippen LogP contribution in [0, 0.1) is 0 Å². The van der Waals surface area contributed by atoms with Gasteiger partial charge in [0.1, 0.15) is 5.75 Å². The Labute approximate surface area is 169 Å². The van der Waals surface area contributed by atoms with Gasteiger partial charge in [-0.25, -0.2) is 0 Å². The Hall–Kier alpha value is -2.84. The minimum Gasteiger partial charge on any atom is -0.482 e. The quantitative estimate of drug-likeness (QED) is 0.429. The lowest BCUT2D eigenvalue weighted by Crippen LogP contribution is -2.31. The molecule has 4 rings (SSSR count). The number of hydrogen-bond donors (Lipinski definition) is 0.